The molecule has 0 saturated heterocycles. The van der Waals surface area contributed by atoms with Crippen molar-refractivity contribution in [2.24, 2.45) is 10.7 Å². The van der Waals surface area contributed by atoms with Crippen LogP contribution < -0.4 is 11.1 Å². The molecule has 0 amide bonds. The van der Waals surface area contributed by atoms with Gasteiger partial charge in [0.05, 0.1) is 26.4 Å². The van der Waals surface area contributed by atoms with Crippen molar-refractivity contribution in [2.45, 2.75) is 64.6 Å². The fraction of sp³-hybridized carbons (Fsp3) is 0.650. The molecule has 5 heteroatoms. The molecule has 0 bridgehead atoms. The van der Waals surface area contributed by atoms with Gasteiger partial charge >= 0.3 is 0 Å². The molecule has 0 aromatic heterocycles. The van der Waals surface area contributed by atoms with Crippen LogP contribution in [0.3, 0.4) is 0 Å². The molecule has 1 aliphatic carbocycles. The van der Waals surface area contributed by atoms with Gasteiger partial charge in [-0.2, -0.15) is 0 Å². The van der Waals surface area contributed by atoms with Crippen LogP contribution in [0.15, 0.2) is 29.3 Å². The summed E-state index contributed by atoms with van der Waals surface area (Å²) in [6.07, 6.45) is 7.66. The summed E-state index contributed by atoms with van der Waals surface area (Å²) in [5.41, 5.74) is 8.37. The predicted octanol–water partition coefficient (Wildman–Crippen LogP) is 3.37. The summed E-state index contributed by atoms with van der Waals surface area (Å²) in [4.78, 5) is 4.50. The highest BCUT2D eigenvalue weighted by atomic mass is 16.5. The van der Waals surface area contributed by atoms with Gasteiger partial charge in [0.1, 0.15) is 0 Å². The lowest BCUT2D eigenvalue weighted by atomic mass is 10.1. The molecule has 2 rings (SSSR count). The molecule has 140 valence electrons. The molecule has 25 heavy (non-hydrogen) atoms. The summed E-state index contributed by atoms with van der Waals surface area (Å²) in [7, 11) is 0. The van der Waals surface area contributed by atoms with E-state index < -0.39 is 0 Å². The van der Waals surface area contributed by atoms with Gasteiger partial charge in [-0.3, -0.25) is 0 Å². The summed E-state index contributed by atoms with van der Waals surface area (Å²) < 4.78 is 10.9. The zero-order valence-electron chi connectivity index (χ0n) is 15.5. The van der Waals surface area contributed by atoms with Gasteiger partial charge in [-0.25, -0.2) is 4.99 Å². The van der Waals surface area contributed by atoms with Crippen LogP contribution in [-0.2, 0) is 22.6 Å². The van der Waals surface area contributed by atoms with E-state index in [1.54, 1.807) is 0 Å². The fourth-order valence-corrected chi connectivity index (χ4v) is 3.12. The molecule has 0 radical (unpaired) electrons. The van der Waals surface area contributed by atoms with E-state index in [1.807, 2.05) is 13.0 Å². The Morgan fingerprint density at radius 3 is 2.60 bits per heavy atom. The zero-order chi connectivity index (χ0) is 17.7. The van der Waals surface area contributed by atoms with Crippen LogP contribution in [0.25, 0.3) is 0 Å². The zero-order valence-corrected chi connectivity index (χ0v) is 15.5. The van der Waals surface area contributed by atoms with Crippen LogP contribution in [-0.4, -0.2) is 31.8 Å². The maximum atomic E-state index is 6.07. The Morgan fingerprint density at radius 2 is 1.84 bits per heavy atom. The average Bonchev–Trinajstić information content (AvgIpc) is 2.89. The second kappa shape index (κ2) is 11.9. The topological polar surface area (TPSA) is 68.9 Å². The predicted molar refractivity (Wildman–Crippen MR) is 103 cm³/mol. The number of nitrogens with one attached hydrogen (secondary N) is 1. The molecule has 0 unspecified atom stereocenters. The lowest BCUT2D eigenvalue weighted by Crippen LogP contribution is -2.39. The minimum Gasteiger partial charge on any atom is -0.379 e. The van der Waals surface area contributed by atoms with Gasteiger partial charge in [0, 0.05) is 12.6 Å². The van der Waals surface area contributed by atoms with Crippen molar-refractivity contribution in [3.8, 4) is 0 Å². The Morgan fingerprint density at radius 1 is 1.12 bits per heavy atom. The van der Waals surface area contributed by atoms with Crippen LogP contribution >= 0.6 is 0 Å². The number of hydrogen-bond acceptors (Lipinski definition) is 3. The Hall–Kier alpha value is -1.59. The van der Waals surface area contributed by atoms with Gasteiger partial charge in [-0.05, 0) is 30.9 Å². The van der Waals surface area contributed by atoms with Gasteiger partial charge in [0.2, 0.25) is 0 Å². The van der Waals surface area contributed by atoms with Crippen LogP contribution in [0.5, 0.6) is 0 Å². The number of hydrogen-bond donors (Lipinski definition) is 2. The third-order valence-corrected chi connectivity index (χ3v) is 4.48. The normalized spacial score (nSPS) is 16.6. The van der Waals surface area contributed by atoms with E-state index in [2.05, 4.69) is 28.5 Å². The summed E-state index contributed by atoms with van der Waals surface area (Å²) in [5, 5.41) is 3.39. The van der Waals surface area contributed by atoms with E-state index in [0.717, 1.165) is 17.7 Å². The first-order valence-corrected chi connectivity index (χ1v) is 9.57. The third-order valence-electron chi connectivity index (χ3n) is 4.48. The second-order valence-corrected chi connectivity index (χ2v) is 6.60. The Kier molecular flexibility index (Phi) is 9.37. The van der Waals surface area contributed by atoms with Gasteiger partial charge in [0.15, 0.2) is 5.96 Å². The van der Waals surface area contributed by atoms with Crippen LogP contribution in [0.1, 0.15) is 56.6 Å². The molecule has 1 aliphatic rings. The molecule has 1 aromatic carbocycles. The van der Waals surface area contributed by atoms with E-state index in [9.17, 15) is 0 Å². The first-order chi connectivity index (χ1) is 12.3. The van der Waals surface area contributed by atoms with Crippen molar-refractivity contribution < 1.29 is 9.47 Å². The minimum atomic E-state index is 0.483. The van der Waals surface area contributed by atoms with Crippen molar-refractivity contribution in [1.29, 1.82) is 0 Å². The number of nitrogens with zero attached hydrogens (tertiary/aromatic N) is 1. The van der Waals surface area contributed by atoms with Crippen molar-refractivity contribution in [2.75, 3.05) is 19.8 Å². The molecule has 5 nitrogen and oxygen atoms in total. The standard InChI is InChI=1S/C20H33N3O2/c1-2-24-12-13-25-16-18-9-7-8-17(14-18)15-22-20(21)23-19-10-5-3-4-6-11-19/h7-9,14,19H,2-6,10-13,15-16H2,1H3,(H3,21,22,23). The molecule has 1 aromatic rings. The van der Waals surface area contributed by atoms with Crippen LogP contribution in [0, 0.1) is 0 Å². The Bertz CT molecular complexity index is 511. The number of nitrogens with two attached hydrogens (primary N) is 1. The summed E-state index contributed by atoms with van der Waals surface area (Å²) in [6.45, 7) is 5.17. The maximum Gasteiger partial charge on any atom is 0.189 e. The molecule has 3 N–H and O–H groups in total. The van der Waals surface area contributed by atoms with E-state index in [4.69, 9.17) is 15.2 Å². The summed E-state index contributed by atoms with van der Waals surface area (Å²) >= 11 is 0. The lowest BCUT2D eigenvalue weighted by molar-refractivity contribution is 0.0453. The lowest BCUT2D eigenvalue weighted by Gasteiger charge is -2.16. The average molecular weight is 348 g/mol. The number of guanidine groups is 1. The first-order valence-electron chi connectivity index (χ1n) is 9.57. The van der Waals surface area contributed by atoms with E-state index in [0.29, 0.717) is 38.4 Å². The number of ether oxygens (including phenoxy) is 2. The van der Waals surface area contributed by atoms with Crippen molar-refractivity contribution >= 4 is 5.96 Å². The smallest absolute Gasteiger partial charge is 0.189 e. The molecule has 0 atom stereocenters. The van der Waals surface area contributed by atoms with E-state index >= 15 is 0 Å². The van der Waals surface area contributed by atoms with Gasteiger partial charge in [-0.1, -0.05) is 49.9 Å². The number of benzene rings is 1. The van der Waals surface area contributed by atoms with Crippen LogP contribution in [0.2, 0.25) is 0 Å². The van der Waals surface area contributed by atoms with Crippen molar-refractivity contribution in [1.82, 2.24) is 5.32 Å². The summed E-state index contributed by atoms with van der Waals surface area (Å²) in [6, 6.07) is 8.80. The van der Waals surface area contributed by atoms with Crippen molar-refractivity contribution in [3.05, 3.63) is 35.4 Å². The van der Waals surface area contributed by atoms with E-state index in [1.165, 1.54) is 38.5 Å². The maximum absolute atomic E-state index is 6.07. The summed E-state index contributed by atoms with van der Waals surface area (Å²) in [5.74, 6) is 0.560. The number of aliphatic imine (C=N–C) groups is 1. The van der Waals surface area contributed by atoms with Crippen molar-refractivity contribution in [3.63, 3.8) is 0 Å². The number of rotatable bonds is 9. The van der Waals surface area contributed by atoms with Crippen LogP contribution in [0.4, 0.5) is 0 Å². The first kappa shape index (κ1) is 19.7. The van der Waals surface area contributed by atoms with E-state index in [-0.39, 0.29) is 0 Å². The molecule has 1 fully saturated rings. The highest BCUT2D eigenvalue weighted by Crippen LogP contribution is 2.17. The Labute approximate surface area is 152 Å². The van der Waals surface area contributed by atoms with Gasteiger partial charge in [0.25, 0.3) is 0 Å². The minimum absolute atomic E-state index is 0.483. The van der Waals surface area contributed by atoms with Gasteiger partial charge in [-0.15, -0.1) is 0 Å². The molecular formula is C20H33N3O2. The monoisotopic (exact) mass is 347 g/mol. The third kappa shape index (κ3) is 8.36. The molecule has 1 saturated carbocycles. The highest BCUT2D eigenvalue weighted by Gasteiger charge is 2.12. The quantitative estimate of drug-likeness (QED) is 0.311. The second-order valence-electron chi connectivity index (χ2n) is 6.60. The fourth-order valence-electron chi connectivity index (χ4n) is 3.12. The highest BCUT2D eigenvalue weighted by molar-refractivity contribution is 5.78. The van der Waals surface area contributed by atoms with Gasteiger partial charge < -0.3 is 20.5 Å². The molecular weight excluding hydrogens is 314 g/mol. The Balaban J connectivity index is 1.76. The molecule has 0 spiro atoms. The largest absolute Gasteiger partial charge is 0.379 e. The SMILES string of the molecule is CCOCCOCc1cccc(CN=C(N)NC2CCCCCC2)c1. The molecule has 0 aliphatic heterocycles. The molecule has 0 heterocycles.